The number of rotatable bonds is 4. The van der Waals surface area contributed by atoms with E-state index in [1.165, 1.54) is 12.1 Å². The smallest absolute Gasteiger partial charge is 0.272 e. The van der Waals surface area contributed by atoms with Crippen LogP contribution in [0.2, 0.25) is 0 Å². The van der Waals surface area contributed by atoms with Gasteiger partial charge in [0.1, 0.15) is 5.75 Å². The van der Waals surface area contributed by atoms with Crippen LogP contribution in [-0.2, 0) is 6.54 Å². The number of nitrogens with two attached hydrogens (primary N) is 1. The zero-order valence-corrected chi connectivity index (χ0v) is 11.8. The number of benzene rings is 2. The van der Waals surface area contributed by atoms with Gasteiger partial charge >= 0.3 is 0 Å². The van der Waals surface area contributed by atoms with E-state index in [0.29, 0.717) is 12.3 Å². The Morgan fingerprint density at radius 1 is 1.30 bits per heavy atom. The number of nitro benzene ring substituents is 1. The van der Waals surface area contributed by atoms with Gasteiger partial charge in [0.2, 0.25) is 0 Å². The van der Waals surface area contributed by atoms with E-state index in [0.717, 1.165) is 16.1 Å². The molecule has 0 bridgehead atoms. The van der Waals surface area contributed by atoms with Crippen molar-refractivity contribution >= 4 is 21.6 Å². The lowest BCUT2D eigenvalue weighted by Gasteiger charge is -2.08. The lowest BCUT2D eigenvalue weighted by Crippen LogP contribution is -1.97. The Bertz CT molecular complexity index is 664. The predicted octanol–water partition coefficient (Wildman–Crippen LogP) is 3.75. The molecule has 0 unspecified atom stereocenters. The molecule has 0 spiro atoms. The van der Waals surface area contributed by atoms with Crippen LogP contribution >= 0.6 is 15.9 Å². The Morgan fingerprint density at radius 2 is 2.05 bits per heavy atom. The maximum Gasteiger partial charge on any atom is 0.272 e. The zero-order chi connectivity index (χ0) is 14.7. The van der Waals surface area contributed by atoms with Crippen molar-refractivity contribution in [1.82, 2.24) is 0 Å². The van der Waals surface area contributed by atoms with Crippen molar-refractivity contribution in [2.75, 3.05) is 0 Å². The average Bonchev–Trinajstić information content (AvgIpc) is 2.41. The van der Waals surface area contributed by atoms with Gasteiger partial charge in [0.25, 0.3) is 5.69 Å². The summed E-state index contributed by atoms with van der Waals surface area (Å²) in [7, 11) is 0. The molecule has 7 heteroatoms. The summed E-state index contributed by atoms with van der Waals surface area (Å²) in [6.07, 6.45) is 0. The fourth-order valence-electron chi connectivity index (χ4n) is 1.57. The Kier molecular flexibility index (Phi) is 4.31. The standard InChI is InChI=1S/C13H10BrFN2O3/c14-11-6-10(3-1-8(11)7-16)20-13-4-2-9(17(18)19)5-12(13)15/h1-6H,7,16H2. The molecule has 0 saturated heterocycles. The number of nitrogens with zero attached hydrogens (tertiary/aromatic N) is 1. The van der Waals surface area contributed by atoms with E-state index in [-0.39, 0.29) is 11.4 Å². The summed E-state index contributed by atoms with van der Waals surface area (Å²) in [5.41, 5.74) is 6.09. The van der Waals surface area contributed by atoms with Crippen LogP contribution in [0.4, 0.5) is 10.1 Å². The van der Waals surface area contributed by atoms with Crippen molar-refractivity contribution in [3.63, 3.8) is 0 Å². The van der Waals surface area contributed by atoms with E-state index < -0.39 is 10.7 Å². The molecule has 0 radical (unpaired) electrons. The maximum absolute atomic E-state index is 13.7. The van der Waals surface area contributed by atoms with Crippen LogP contribution in [0.15, 0.2) is 40.9 Å². The van der Waals surface area contributed by atoms with Gasteiger partial charge in [-0.15, -0.1) is 0 Å². The molecule has 0 amide bonds. The predicted molar refractivity (Wildman–Crippen MR) is 75.2 cm³/mol. The second-order valence-corrected chi connectivity index (χ2v) is 4.79. The summed E-state index contributed by atoms with van der Waals surface area (Å²) in [6.45, 7) is 0.368. The highest BCUT2D eigenvalue weighted by atomic mass is 79.9. The molecule has 0 heterocycles. The molecule has 0 saturated carbocycles. The molecular weight excluding hydrogens is 331 g/mol. The molecule has 0 aliphatic heterocycles. The molecule has 2 aromatic carbocycles. The third-order valence-corrected chi connectivity index (χ3v) is 3.34. The Hall–Kier alpha value is -1.99. The van der Waals surface area contributed by atoms with Gasteiger partial charge in [-0.3, -0.25) is 10.1 Å². The maximum atomic E-state index is 13.7. The fourth-order valence-corrected chi connectivity index (χ4v) is 2.09. The van der Waals surface area contributed by atoms with Gasteiger partial charge in [0, 0.05) is 17.1 Å². The van der Waals surface area contributed by atoms with E-state index in [1.807, 2.05) is 0 Å². The first-order valence-corrected chi connectivity index (χ1v) is 6.41. The molecule has 2 aromatic rings. The fraction of sp³-hybridized carbons (Fsp3) is 0.0769. The number of hydrogen-bond donors (Lipinski definition) is 1. The van der Waals surface area contributed by atoms with Crippen LogP contribution in [0, 0.1) is 15.9 Å². The molecule has 2 N–H and O–H groups in total. The highest BCUT2D eigenvalue weighted by Gasteiger charge is 2.12. The highest BCUT2D eigenvalue weighted by Crippen LogP contribution is 2.30. The summed E-state index contributed by atoms with van der Waals surface area (Å²) < 4.78 is 19.8. The van der Waals surface area contributed by atoms with Crippen LogP contribution in [0.25, 0.3) is 0 Å². The van der Waals surface area contributed by atoms with Gasteiger partial charge in [0.05, 0.1) is 11.0 Å². The van der Waals surface area contributed by atoms with Gasteiger partial charge in [-0.05, 0) is 23.8 Å². The number of hydrogen-bond acceptors (Lipinski definition) is 4. The van der Waals surface area contributed by atoms with Crippen molar-refractivity contribution < 1.29 is 14.1 Å². The minimum atomic E-state index is -0.793. The Labute approximate surface area is 122 Å². The molecule has 0 atom stereocenters. The van der Waals surface area contributed by atoms with Crippen LogP contribution < -0.4 is 10.5 Å². The van der Waals surface area contributed by atoms with Crippen molar-refractivity contribution in [2.45, 2.75) is 6.54 Å². The van der Waals surface area contributed by atoms with E-state index >= 15 is 0 Å². The van der Waals surface area contributed by atoms with Crippen molar-refractivity contribution in [2.24, 2.45) is 5.73 Å². The van der Waals surface area contributed by atoms with Gasteiger partial charge < -0.3 is 10.5 Å². The van der Waals surface area contributed by atoms with Gasteiger partial charge in [-0.25, -0.2) is 4.39 Å². The van der Waals surface area contributed by atoms with Gasteiger partial charge in [-0.1, -0.05) is 22.0 Å². The summed E-state index contributed by atoms with van der Waals surface area (Å²) in [5, 5.41) is 10.5. The summed E-state index contributed by atoms with van der Waals surface area (Å²) in [4.78, 5) is 9.85. The number of nitro groups is 1. The van der Waals surface area contributed by atoms with Gasteiger partial charge in [0.15, 0.2) is 11.6 Å². The first-order chi connectivity index (χ1) is 9.51. The number of non-ortho nitro benzene ring substituents is 1. The molecule has 2 rings (SSSR count). The monoisotopic (exact) mass is 340 g/mol. The van der Waals surface area contributed by atoms with Crippen LogP contribution in [-0.4, -0.2) is 4.92 Å². The molecular formula is C13H10BrFN2O3. The molecule has 104 valence electrons. The Balaban J connectivity index is 2.26. The second kappa shape index (κ2) is 5.98. The normalized spacial score (nSPS) is 10.3. The Morgan fingerprint density at radius 3 is 2.60 bits per heavy atom. The second-order valence-electron chi connectivity index (χ2n) is 3.93. The third kappa shape index (κ3) is 3.12. The van der Waals surface area contributed by atoms with Crippen LogP contribution in [0.5, 0.6) is 11.5 Å². The first-order valence-electron chi connectivity index (χ1n) is 5.61. The molecule has 0 aliphatic carbocycles. The lowest BCUT2D eigenvalue weighted by molar-refractivity contribution is -0.385. The van der Waals surface area contributed by atoms with Crippen molar-refractivity contribution in [3.8, 4) is 11.5 Å². The van der Waals surface area contributed by atoms with E-state index in [9.17, 15) is 14.5 Å². The van der Waals surface area contributed by atoms with E-state index in [2.05, 4.69) is 15.9 Å². The van der Waals surface area contributed by atoms with Crippen molar-refractivity contribution in [1.29, 1.82) is 0 Å². The lowest BCUT2D eigenvalue weighted by atomic mass is 10.2. The summed E-state index contributed by atoms with van der Waals surface area (Å²) in [5.74, 6) is -0.469. The largest absolute Gasteiger partial charge is 0.454 e. The van der Waals surface area contributed by atoms with Gasteiger partial charge in [-0.2, -0.15) is 0 Å². The third-order valence-electron chi connectivity index (χ3n) is 2.60. The van der Waals surface area contributed by atoms with E-state index in [4.69, 9.17) is 10.5 Å². The molecule has 5 nitrogen and oxygen atoms in total. The summed E-state index contributed by atoms with van der Waals surface area (Å²) >= 11 is 3.33. The number of ether oxygens (including phenoxy) is 1. The quantitative estimate of drug-likeness (QED) is 0.679. The molecule has 0 aromatic heterocycles. The molecule has 0 aliphatic rings. The molecule has 0 fully saturated rings. The molecule has 20 heavy (non-hydrogen) atoms. The van der Waals surface area contributed by atoms with E-state index in [1.54, 1.807) is 18.2 Å². The zero-order valence-electron chi connectivity index (χ0n) is 10.2. The van der Waals surface area contributed by atoms with Crippen molar-refractivity contribution in [3.05, 3.63) is 62.4 Å². The minimum absolute atomic E-state index is 0.0806. The topological polar surface area (TPSA) is 78.4 Å². The average molecular weight is 341 g/mol. The van der Waals surface area contributed by atoms with Crippen LogP contribution in [0.3, 0.4) is 0 Å². The SMILES string of the molecule is NCc1ccc(Oc2ccc([N+](=O)[O-])cc2F)cc1Br. The first kappa shape index (κ1) is 14.4. The highest BCUT2D eigenvalue weighted by molar-refractivity contribution is 9.10. The summed E-state index contributed by atoms with van der Waals surface area (Å²) in [6, 6.07) is 8.28. The minimum Gasteiger partial charge on any atom is -0.454 e. The number of halogens is 2. The van der Waals surface area contributed by atoms with Crippen LogP contribution in [0.1, 0.15) is 5.56 Å².